The van der Waals surface area contributed by atoms with Crippen molar-refractivity contribution in [2.45, 2.75) is 16.2 Å². The van der Waals surface area contributed by atoms with E-state index >= 15 is 0 Å². The Balaban J connectivity index is 2.12. The molecule has 1 aliphatic rings. The summed E-state index contributed by atoms with van der Waals surface area (Å²) in [7, 11) is 0. The lowest BCUT2D eigenvalue weighted by molar-refractivity contribution is 1.05. The lowest BCUT2D eigenvalue weighted by Crippen LogP contribution is -2.04. The summed E-state index contributed by atoms with van der Waals surface area (Å²) in [6, 6.07) is 17.4. The molecule has 0 saturated heterocycles. The van der Waals surface area contributed by atoms with Crippen molar-refractivity contribution in [3.05, 3.63) is 59.7 Å². The van der Waals surface area contributed by atoms with Crippen LogP contribution in [0.2, 0.25) is 0 Å². The fourth-order valence-corrected chi connectivity index (χ4v) is 3.05. The zero-order chi connectivity index (χ0) is 9.38. The Labute approximate surface area is 88.0 Å². The maximum absolute atomic E-state index is 2.23. The number of hydrogen-bond donors (Lipinski definition) is 0. The minimum atomic E-state index is 1.10. The van der Waals surface area contributed by atoms with E-state index in [-0.39, 0.29) is 0 Å². The molecule has 0 saturated carbocycles. The maximum Gasteiger partial charge on any atom is 0.161 e. The highest BCUT2D eigenvalue weighted by atomic mass is 32.2. The first-order chi connectivity index (χ1) is 6.93. The molecule has 0 bridgehead atoms. The van der Waals surface area contributed by atoms with Crippen molar-refractivity contribution in [1.29, 1.82) is 0 Å². The van der Waals surface area contributed by atoms with Crippen LogP contribution in [0.15, 0.2) is 58.3 Å². The first-order valence-corrected chi connectivity index (χ1v) is 5.70. The number of rotatable bonds is 0. The van der Waals surface area contributed by atoms with E-state index < -0.39 is 0 Å². The number of benzene rings is 2. The standard InChI is InChI=1S/C13H10S/c1-3-7-12-10(5-1)9-11-6-2-4-8-13(11)14-12/h1-8H,9H2/p+1. The summed E-state index contributed by atoms with van der Waals surface area (Å²) in [5.74, 6) is 0. The summed E-state index contributed by atoms with van der Waals surface area (Å²) >= 11 is 1.36. The largest absolute Gasteiger partial charge is 0.161 e. The Morgan fingerprint density at radius 3 is 1.79 bits per heavy atom. The molecule has 3 rings (SSSR count). The van der Waals surface area contributed by atoms with Crippen molar-refractivity contribution in [3.8, 4) is 0 Å². The van der Waals surface area contributed by atoms with E-state index in [0.717, 1.165) is 6.42 Å². The molecule has 0 aromatic heterocycles. The average Bonchev–Trinajstić information content (AvgIpc) is 2.26. The smallest absolute Gasteiger partial charge is 0.0616 e. The molecule has 0 atom stereocenters. The molecule has 14 heavy (non-hydrogen) atoms. The van der Waals surface area contributed by atoms with Crippen LogP contribution in [-0.2, 0) is 18.2 Å². The Bertz CT molecular complexity index is 387. The van der Waals surface area contributed by atoms with Gasteiger partial charge in [-0.25, -0.2) is 0 Å². The van der Waals surface area contributed by atoms with Gasteiger partial charge < -0.3 is 0 Å². The van der Waals surface area contributed by atoms with Gasteiger partial charge in [-0.3, -0.25) is 0 Å². The van der Waals surface area contributed by atoms with Gasteiger partial charge in [0, 0.05) is 29.3 Å². The van der Waals surface area contributed by atoms with Gasteiger partial charge >= 0.3 is 0 Å². The number of thiol groups is 1. The first-order valence-electron chi connectivity index (χ1n) is 4.81. The third kappa shape index (κ3) is 1.25. The van der Waals surface area contributed by atoms with Crippen LogP contribution < -0.4 is 0 Å². The predicted octanol–water partition coefficient (Wildman–Crippen LogP) is 2.82. The third-order valence-corrected chi connectivity index (χ3v) is 3.96. The Hall–Kier alpha value is -1.21. The van der Waals surface area contributed by atoms with Crippen LogP contribution in [0.25, 0.3) is 0 Å². The van der Waals surface area contributed by atoms with Crippen molar-refractivity contribution in [2.75, 3.05) is 0 Å². The number of hydrogen-bond acceptors (Lipinski definition) is 0. The maximum atomic E-state index is 2.23. The van der Waals surface area contributed by atoms with Gasteiger partial charge in [-0.2, -0.15) is 0 Å². The average molecular weight is 199 g/mol. The zero-order valence-electron chi connectivity index (χ0n) is 7.77. The van der Waals surface area contributed by atoms with Crippen LogP contribution in [-0.4, -0.2) is 0 Å². The quantitative estimate of drug-likeness (QED) is 0.386. The molecule has 0 spiro atoms. The van der Waals surface area contributed by atoms with Crippen molar-refractivity contribution in [2.24, 2.45) is 0 Å². The second-order valence-electron chi connectivity index (χ2n) is 3.55. The van der Waals surface area contributed by atoms with Crippen LogP contribution in [0.4, 0.5) is 0 Å². The van der Waals surface area contributed by atoms with E-state index in [0.29, 0.717) is 0 Å². The molecule has 1 heteroatoms. The molecule has 68 valence electrons. The lowest BCUT2D eigenvalue weighted by Gasteiger charge is -2.10. The van der Waals surface area contributed by atoms with E-state index in [4.69, 9.17) is 0 Å². The van der Waals surface area contributed by atoms with Crippen LogP contribution >= 0.6 is 0 Å². The topological polar surface area (TPSA) is 0 Å². The molecule has 1 heterocycles. The molecule has 0 aliphatic carbocycles. The minimum absolute atomic E-state index is 1.10. The van der Waals surface area contributed by atoms with Gasteiger partial charge in [0.2, 0.25) is 0 Å². The SMILES string of the molecule is c1ccc2c(c1)Cc1ccccc1[SH+]2. The first kappa shape index (κ1) is 8.13. The van der Waals surface area contributed by atoms with Crippen LogP contribution in [0.3, 0.4) is 0 Å². The molecule has 2 aromatic carbocycles. The predicted molar refractivity (Wildman–Crippen MR) is 61.0 cm³/mol. The highest BCUT2D eigenvalue weighted by Crippen LogP contribution is 2.28. The van der Waals surface area contributed by atoms with Gasteiger partial charge in [-0.15, -0.1) is 0 Å². The van der Waals surface area contributed by atoms with E-state index in [1.165, 1.54) is 32.7 Å². The second kappa shape index (κ2) is 3.18. The molecular weight excluding hydrogens is 188 g/mol. The fourth-order valence-electron chi connectivity index (χ4n) is 1.87. The molecule has 0 amide bonds. The molecular formula is C13H11S+. The Morgan fingerprint density at radius 2 is 1.21 bits per heavy atom. The summed E-state index contributed by atoms with van der Waals surface area (Å²) in [6.45, 7) is 0. The van der Waals surface area contributed by atoms with Gasteiger partial charge in [-0.05, 0) is 12.1 Å². The Morgan fingerprint density at radius 1 is 0.714 bits per heavy atom. The van der Waals surface area contributed by atoms with Gasteiger partial charge in [0.1, 0.15) is 0 Å². The van der Waals surface area contributed by atoms with Gasteiger partial charge in [0.25, 0.3) is 0 Å². The van der Waals surface area contributed by atoms with E-state index in [1.54, 1.807) is 0 Å². The summed E-state index contributed by atoms with van der Waals surface area (Å²) < 4.78 is 0. The number of fused-ring (bicyclic) bond motifs is 2. The molecule has 1 aliphatic heterocycles. The van der Waals surface area contributed by atoms with Gasteiger partial charge in [0.15, 0.2) is 9.79 Å². The summed E-state index contributed by atoms with van der Waals surface area (Å²) in [6.07, 6.45) is 1.10. The summed E-state index contributed by atoms with van der Waals surface area (Å²) in [5.41, 5.74) is 2.96. The molecule has 0 radical (unpaired) electrons. The van der Waals surface area contributed by atoms with Crippen molar-refractivity contribution in [3.63, 3.8) is 0 Å². The molecule has 2 aromatic rings. The lowest BCUT2D eigenvalue weighted by atomic mass is 10.0. The summed E-state index contributed by atoms with van der Waals surface area (Å²) in [5, 5.41) is 0. The minimum Gasteiger partial charge on any atom is -0.0616 e. The highest BCUT2D eigenvalue weighted by molar-refractivity contribution is 7.78. The van der Waals surface area contributed by atoms with Crippen molar-refractivity contribution in [1.82, 2.24) is 0 Å². The molecule has 0 N–H and O–H groups in total. The molecule has 0 nitrogen and oxygen atoms in total. The van der Waals surface area contributed by atoms with E-state index in [2.05, 4.69) is 48.5 Å². The Kier molecular flexibility index (Phi) is 1.84. The van der Waals surface area contributed by atoms with E-state index in [1.807, 2.05) is 0 Å². The van der Waals surface area contributed by atoms with Crippen molar-refractivity contribution >= 4 is 11.8 Å². The highest BCUT2D eigenvalue weighted by Gasteiger charge is 2.21. The third-order valence-electron chi connectivity index (χ3n) is 2.61. The van der Waals surface area contributed by atoms with Gasteiger partial charge in [0.05, 0.1) is 0 Å². The van der Waals surface area contributed by atoms with E-state index in [9.17, 15) is 0 Å². The normalized spacial score (nSPS) is 13.1. The van der Waals surface area contributed by atoms with Crippen LogP contribution in [0, 0.1) is 0 Å². The molecule has 0 unspecified atom stereocenters. The van der Waals surface area contributed by atoms with Gasteiger partial charge in [-0.1, -0.05) is 36.4 Å². The monoisotopic (exact) mass is 199 g/mol. The van der Waals surface area contributed by atoms with Crippen molar-refractivity contribution < 1.29 is 0 Å². The molecule has 0 fully saturated rings. The van der Waals surface area contributed by atoms with Crippen LogP contribution in [0.5, 0.6) is 0 Å². The van der Waals surface area contributed by atoms with Crippen LogP contribution in [0.1, 0.15) is 11.1 Å². The second-order valence-corrected chi connectivity index (χ2v) is 4.73. The summed E-state index contributed by atoms with van der Waals surface area (Å²) in [4.78, 5) is 2.93. The fraction of sp³-hybridized carbons (Fsp3) is 0.0769. The zero-order valence-corrected chi connectivity index (χ0v) is 8.67.